The van der Waals surface area contributed by atoms with Gasteiger partial charge in [0.15, 0.2) is 5.76 Å². The first-order valence-electron chi connectivity index (χ1n) is 5.99. The Labute approximate surface area is 111 Å². The summed E-state index contributed by atoms with van der Waals surface area (Å²) in [6.07, 6.45) is 7.27. The highest BCUT2D eigenvalue weighted by Gasteiger charge is 2.12. The Balaban J connectivity index is 1.74. The van der Waals surface area contributed by atoms with Crippen molar-refractivity contribution in [2.75, 3.05) is 11.9 Å². The first kappa shape index (κ1) is 13.0. The van der Waals surface area contributed by atoms with Crippen molar-refractivity contribution in [1.29, 1.82) is 0 Å². The second-order valence-corrected chi connectivity index (χ2v) is 3.95. The number of aromatic nitrogens is 1. The maximum Gasteiger partial charge on any atom is 0.228 e. The minimum atomic E-state index is -0.196. The van der Waals surface area contributed by atoms with Crippen molar-refractivity contribution >= 4 is 17.5 Å². The number of anilines is 1. The lowest BCUT2D eigenvalue weighted by Gasteiger charge is -2.10. The van der Waals surface area contributed by atoms with Crippen molar-refractivity contribution < 1.29 is 14.3 Å². The SMILES string of the molecule is O=C(CCOC1=CC=CCC1=O)Nc1ccccn1. The number of amides is 1. The molecule has 5 heteroatoms. The lowest BCUT2D eigenvalue weighted by molar-refractivity contribution is -0.120. The van der Waals surface area contributed by atoms with Crippen LogP contribution in [0.5, 0.6) is 0 Å². The third kappa shape index (κ3) is 4.06. The molecule has 1 heterocycles. The van der Waals surface area contributed by atoms with Gasteiger partial charge in [-0.1, -0.05) is 18.2 Å². The summed E-state index contributed by atoms with van der Waals surface area (Å²) >= 11 is 0. The van der Waals surface area contributed by atoms with Crippen molar-refractivity contribution in [3.63, 3.8) is 0 Å². The number of Topliss-reactive ketones (excluding diaryl/α,β-unsaturated/α-hetero) is 1. The average Bonchev–Trinajstić information content (AvgIpc) is 2.42. The van der Waals surface area contributed by atoms with Crippen LogP contribution >= 0.6 is 0 Å². The van der Waals surface area contributed by atoms with Gasteiger partial charge in [-0.15, -0.1) is 0 Å². The molecule has 0 aliphatic heterocycles. The largest absolute Gasteiger partial charge is 0.489 e. The first-order chi connectivity index (χ1) is 9.25. The minimum Gasteiger partial charge on any atom is -0.489 e. The third-order valence-corrected chi connectivity index (χ3v) is 2.48. The Bertz CT molecular complexity index is 521. The van der Waals surface area contributed by atoms with Crippen LogP contribution in [0, 0.1) is 0 Å². The van der Waals surface area contributed by atoms with Crippen LogP contribution in [-0.2, 0) is 14.3 Å². The number of nitrogens with zero attached hydrogens (tertiary/aromatic N) is 1. The minimum absolute atomic E-state index is 0.0624. The van der Waals surface area contributed by atoms with Crippen molar-refractivity contribution in [3.05, 3.63) is 48.4 Å². The van der Waals surface area contributed by atoms with Crippen molar-refractivity contribution in [3.8, 4) is 0 Å². The maximum absolute atomic E-state index is 11.6. The number of ether oxygens (including phenoxy) is 1. The van der Waals surface area contributed by atoms with E-state index in [2.05, 4.69) is 10.3 Å². The second-order valence-electron chi connectivity index (χ2n) is 3.95. The quantitative estimate of drug-likeness (QED) is 0.875. The zero-order valence-corrected chi connectivity index (χ0v) is 10.3. The van der Waals surface area contributed by atoms with Gasteiger partial charge in [0.1, 0.15) is 5.82 Å². The van der Waals surface area contributed by atoms with E-state index in [1.807, 2.05) is 0 Å². The smallest absolute Gasteiger partial charge is 0.228 e. The molecule has 0 atom stereocenters. The lowest BCUT2D eigenvalue weighted by Crippen LogP contribution is -2.16. The highest BCUT2D eigenvalue weighted by Crippen LogP contribution is 2.09. The number of carbonyl (C=O) groups excluding carboxylic acids is 2. The Morgan fingerprint density at radius 1 is 1.42 bits per heavy atom. The highest BCUT2D eigenvalue weighted by molar-refractivity contribution is 5.95. The third-order valence-electron chi connectivity index (χ3n) is 2.48. The molecule has 1 aromatic heterocycles. The van der Waals surface area contributed by atoms with E-state index in [1.165, 1.54) is 0 Å². The predicted molar refractivity (Wildman–Crippen MR) is 70.3 cm³/mol. The van der Waals surface area contributed by atoms with Gasteiger partial charge in [-0.25, -0.2) is 4.98 Å². The molecule has 2 rings (SSSR count). The zero-order chi connectivity index (χ0) is 13.5. The van der Waals surface area contributed by atoms with Crippen LogP contribution in [0.15, 0.2) is 48.4 Å². The Hall–Kier alpha value is -2.43. The summed E-state index contributed by atoms with van der Waals surface area (Å²) in [4.78, 5) is 27.0. The zero-order valence-electron chi connectivity index (χ0n) is 10.3. The van der Waals surface area contributed by atoms with Crippen LogP contribution in [0.2, 0.25) is 0 Å². The molecule has 98 valence electrons. The fraction of sp³-hybridized carbons (Fsp3) is 0.214. The average molecular weight is 258 g/mol. The van der Waals surface area contributed by atoms with Gasteiger partial charge in [-0.2, -0.15) is 0 Å². The molecular weight excluding hydrogens is 244 g/mol. The van der Waals surface area contributed by atoms with Crippen LogP contribution in [0.3, 0.4) is 0 Å². The van der Waals surface area contributed by atoms with Gasteiger partial charge in [0.2, 0.25) is 11.7 Å². The molecule has 1 aliphatic rings. The van der Waals surface area contributed by atoms with E-state index in [-0.39, 0.29) is 24.7 Å². The van der Waals surface area contributed by atoms with E-state index in [9.17, 15) is 9.59 Å². The summed E-state index contributed by atoms with van der Waals surface area (Å²) in [6.45, 7) is 0.171. The number of hydrogen-bond acceptors (Lipinski definition) is 4. The van der Waals surface area contributed by atoms with E-state index >= 15 is 0 Å². The summed E-state index contributed by atoms with van der Waals surface area (Å²) in [6, 6.07) is 5.27. The number of nitrogens with one attached hydrogen (secondary N) is 1. The van der Waals surface area contributed by atoms with Gasteiger partial charge in [-0.05, 0) is 18.2 Å². The topological polar surface area (TPSA) is 68.3 Å². The summed E-state index contributed by atoms with van der Waals surface area (Å²) in [7, 11) is 0. The molecule has 0 saturated carbocycles. The number of ketones is 1. The van der Waals surface area contributed by atoms with Gasteiger partial charge < -0.3 is 10.1 Å². The molecule has 0 radical (unpaired) electrons. The normalized spacial score (nSPS) is 13.9. The van der Waals surface area contributed by atoms with E-state index in [4.69, 9.17) is 4.74 Å². The Morgan fingerprint density at radius 3 is 3.05 bits per heavy atom. The fourth-order valence-corrected chi connectivity index (χ4v) is 1.55. The summed E-state index contributed by atoms with van der Waals surface area (Å²) in [5, 5.41) is 2.64. The van der Waals surface area contributed by atoms with Crippen molar-refractivity contribution in [1.82, 2.24) is 4.98 Å². The molecule has 19 heavy (non-hydrogen) atoms. The van der Waals surface area contributed by atoms with Crippen LogP contribution in [0.4, 0.5) is 5.82 Å². The van der Waals surface area contributed by atoms with Gasteiger partial charge in [-0.3, -0.25) is 9.59 Å². The van der Waals surface area contributed by atoms with E-state index in [1.54, 1.807) is 42.6 Å². The van der Waals surface area contributed by atoms with Gasteiger partial charge in [0, 0.05) is 12.6 Å². The molecule has 1 N–H and O–H groups in total. The first-order valence-corrected chi connectivity index (χ1v) is 5.99. The molecule has 0 bridgehead atoms. The molecule has 1 aliphatic carbocycles. The summed E-state index contributed by atoms with van der Waals surface area (Å²) in [5.41, 5.74) is 0. The molecule has 1 amide bonds. The fourth-order valence-electron chi connectivity index (χ4n) is 1.55. The van der Waals surface area contributed by atoms with Crippen molar-refractivity contribution in [2.45, 2.75) is 12.8 Å². The van der Waals surface area contributed by atoms with Gasteiger partial charge >= 0.3 is 0 Å². The molecule has 0 saturated heterocycles. The molecule has 0 fully saturated rings. The number of carbonyl (C=O) groups is 2. The lowest BCUT2D eigenvalue weighted by atomic mass is 10.1. The summed E-state index contributed by atoms with van der Waals surface area (Å²) in [5.74, 6) is 0.558. The second kappa shape index (κ2) is 6.49. The van der Waals surface area contributed by atoms with Crippen LogP contribution in [-0.4, -0.2) is 23.3 Å². The number of allylic oxidation sites excluding steroid dienone is 4. The van der Waals surface area contributed by atoms with Gasteiger partial charge in [0.25, 0.3) is 0 Å². The number of pyridine rings is 1. The standard InChI is InChI=1S/C14H14N2O3/c17-11-5-1-2-6-12(11)19-10-8-14(18)16-13-7-3-4-9-15-13/h1-4,6-7,9H,5,8,10H2,(H,15,16,18). The molecule has 0 unspecified atom stereocenters. The van der Waals surface area contributed by atoms with E-state index in [0.717, 1.165) is 0 Å². The molecule has 0 spiro atoms. The Morgan fingerprint density at radius 2 is 2.32 bits per heavy atom. The maximum atomic E-state index is 11.6. The number of hydrogen-bond donors (Lipinski definition) is 1. The molecule has 0 aromatic carbocycles. The predicted octanol–water partition coefficient (Wildman–Crippen LogP) is 1.84. The Kier molecular flexibility index (Phi) is 4.44. The highest BCUT2D eigenvalue weighted by atomic mass is 16.5. The molecule has 5 nitrogen and oxygen atoms in total. The van der Waals surface area contributed by atoms with Gasteiger partial charge in [0.05, 0.1) is 13.0 Å². The van der Waals surface area contributed by atoms with E-state index in [0.29, 0.717) is 18.0 Å². The van der Waals surface area contributed by atoms with Crippen LogP contribution in [0.25, 0.3) is 0 Å². The van der Waals surface area contributed by atoms with Crippen molar-refractivity contribution in [2.24, 2.45) is 0 Å². The molecule has 1 aromatic rings. The van der Waals surface area contributed by atoms with Crippen LogP contribution < -0.4 is 5.32 Å². The molecular formula is C14H14N2O3. The van der Waals surface area contributed by atoms with E-state index < -0.39 is 0 Å². The monoisotopic (exact) mass is 258 g/mol. The number of rotatable bonds is 5. The summed E-state index contributed by atoms with van der Waals surface area (Å²) < 4.78 is 5.28. The van der Waals surface area contributed by atoms with Crippen LogP contribution in [0.1, 0.15) is 12.8 Å².